The summed E-state index contributed by atoms with van der Waals surface area (Å²) in [7, 11) is 1.64. The van der Waals surface area contributed by atoms with E-state index in [2.05, 4.69) is 52.6 Å². The fourth-order valence-electron chi connectivity index (χ4n) is 4.53. The van der Waals surface area contributed by atoms with Crippen molar-refractivity contribution in [3.63, 3.8) is 0 Å². The Morgan fingerprint density at radius 2 is 1.51 bits per heavy atom. The molecule has 4 aromatic rings. The van der Waals surface area contributed by atoms with E-state index in [1.807, 2.05) is 54.6 Å². The summed E-state index contributed by atoms with van der Waals surface area (Å²) in [6.45, 7) is 5.36. The zero-order valence-corrected chi connectivity index (χ0v) is 21.4. The third kappa shape index (κ3) is 5.65. The van der Waals surface area contributed by atoms with Gasteiger partial charge in [0.15, 0.2) is 0 Å². The molecule has 8 heteroatoms. The summed E-state index contributed by atoms with van der Waals surface area (Å²) in [6.07, 6.45) is 1.17. The molecule has 1 fully saturated rings. The molecule has 3 N–H and O–H groups in total. The molecular weight excluding hydrogens is 464 g/mol. The van der Waals surface area contributed by atoms with Crippen LogP contribution >= 0.6 is 0 Å². The molecule has 37 heavy (non-hydrogen) atoms. The van der Waals surface area contributed by atoms with E-state index in [4.69, 9.17) is 14.7 Å². The molecule has 1 aromatic heterocycles. The van der Waals surface area contributed by atoms with E-state index in [0.29, 0.717) is 43.8 Å². The average molecular weight is 497 g/mol. The summed E-state index contributed by atoms with van der Waals surface area (Å²) in [4.78, 5) is 16.3. The third-order valence-electron chi connectivity index (χ3n) is 6.79. The Labute approximate surface area is 217 Å². The van der Waals surface area contributed by atoms with Crippen molar-refractivity contribution in [2.75, 3.05) is 35.7 Å². The Hall–Kier alpha value is -4.17. The normalized spacial score (nSPS) is 14.8. The molecule has 1 aliphatic heterocycles. The molecule has 0 aliphatic carbocycles. The molecule has 0 unspecified atom stereocenters. The number of benzene rings is 3. The highest BCUT2D eigenvalue weighted by atomic mass is 16.5. The van der Waals surface area contributed by atoms with Crippen LogP contribution in [0.25, 0.3) is 0 Å². The summed E-state index contributed by atoms with van der Waals surface area (Å²) in [5.74, 6) is 2.23. The molecule has 1 saturated heterocycles. The van der Waals surface area contributed by atoms with Gasteiger partial charge in [-0.1, -0.05) is 42.5 Å². The number of hydrogen-bond acceptors (Lipinski definition) is 8. The SMILES string of the molecule is COc1ccc(Nc2nc(Nc3cc(C)ccc3C)nc(N3CCC(O)(c4ccccc4)CC3)n2)cc1. The van der Waals surface area contributed by atoms with Gasteiger partial charge in [0, 0.05) is 24.5 Å². The van der Waals surface area contributed by atoms with Gasteiger partial charge >= 0.3 is 0 Å². The van der Waals surface area contributed by atoms with Gasteiger partial charge in [-0.15, -0.1) is 0 Å². The van der Waals surface area contributed by atoms with Gasteiger partial charge in [0.2, 0.25) is 17.8 Å². The molecule has 0 atom stereocenters. The Morgan fingerprint density at radius 3 is 2.19 bits per heavy atom. The van der Waals surface area contributed by atoms with Crippen molar-refractivity contribution in [1.29, 1.82) is 0 Å². The molecular formula is C29H32N6O2. The number of aromatic nitrogens is 3. The average Bonchev–Trinajstić information content (AvgIpc) is 2.92. The van der Waals surface area contributed by atoms with Crippen LogP contribution < -0.4 is 20.3 Å². The van der Waals surface area contributed by atoms with Crippen LogP contribution in [-0.4, -0.2) is 40.3 Å². The van der Waals surface area contributed by atoms with Gasteiger partial charge in [-0.2, -0.15) is 15.0 Å². The minimum Gasteiger partial charge on any atom is -0.497 e. The quantitative estimate of drug-likeness (QED) is 0.310. The molecule has 8 nitrogen and oxygen atoms in total. The second-order valence-corrected chi connectivity index (χ2v) is 9.46. The first-order chi connectivity index (χ1) is 17.9. The zero-order valence-electron chi connectivity index (χ0n) is 21.4. The first-order valence-electron chi connectivity index (χ1n) is 12.5. The van der Waals surface area contributed by atoms with Gasteiger partial charge in [0.1, 0.15) is 5.75 Å². The summed E-state index contributed by atoms with van der Waals surface area (Å²) >= 11 is 0. The van der Waals surface area contributed by atoms with Crippen molar-refractivity contribution >= 4 is 29.2 Å². The minimum absolute atomic E-state index is 0.437. The summed E-state index contributed by atoms with van der Waals surface area (Å²) in [6, 6.07) is 23.7. The Kier molecular flexibility index (Phi) is 6.92. The molecule has 0 amide bonds. The van der Waals surface area contributed by atoms with E-state index in [9.17, 15) is 5.11 Å². The molecule has 0 saturated carbocycles. The van der Waals surface area contributed by atoms with Crippen LogP contribution in [0.3, 0.4) is 0 Å². The molecule has 0 bridgehead atoms. The van der Waals surface area contributed by atoms with Crippen LogP contribution in [-0.2, 0) is 5.60 Å². The van der Waals surface area contributed by atoms with Gasteiger partial charge < -0.3 is 25.4 Å². The van der Waals surface area contributed by atoms with Crippen LogP contribution in [0.4, 0.5) is 29.2 Å². The van der Waals surface area contributed by atoms with E-state index in [1.54, 1.807) is 7.11 Å². The number of methoxy groups -OCH3 is 1. The van der Waals surface area contributed by atoms with E-state index in [1.165, 1.54) is 0 Å². The lowest BCUT2D eigenvalue weighted by Gasteiger charge is -2.38. The second kappa shape index (κ2) is 10.4. The number of rotatable bonds is 7. The summed E-state index contributed by atoms with van der Waals surface area (Å²) in [5, 5.41) is 18.0. The number of anilines is 5. The van der Waals surface area contributed by atoms with Crippen molar-refractivity contribution in [2.24, 2.45) is 0 Å². The van der Waals surface area contributed by atoms with Crippen molar-refractivity contribution < 1.29 is 9.84 Å². The van der Waals surface area contributed by atoms with Crippen molar-refractivity contribution in [1.82, 2.24) is 15.0 Å². The molecule has 0 radical (unpaired) electrons. The number of piperidine rings is 1. The predicted molar refractivity (Wildman–Crippen MR) is 147 cm³/mol. The Morgan fingerprint density at radius 1 is 0.838 bits per heavy atom. The van der Waals surface area contributed by atoms with Crippen LogP contribution in [0.1, 0.15) is 29.5 Å². The maximum absolute atomic E-state index is 11.3. The largest absolute Gasteiger partial charge is 0.497 e. The standard InChI is InChI=1S/C29H32N6O2/c1-20-9-10-21(2)25(19-20)31-27-32-26(30-23-11-13-24(37-3)14-12-23)33-28(34-27)35-17-15-29(36,16-18-35)22-7-5-4-6-8-22/h4-14,19,36H,15-18H2,1-3H3,(H2,30,31,32,33,34). The first-order valence-corrected chi connectivity index (χ1v) is 12.5. The predicted octanol–water partition coefficient (Wildman–Crippen LogP) is 5.47. The lowest BCUT2D eigenvalue weighted by atomic mass is 9.84. The third-order valence-corrected chi connectivity index (χ3v) is 6.79. The van der Waals surface area contributed by atoms with Crippen molar-refractivity contribution in [2.45, 2.75) is 32.3 Å². The van der Waals surface area contributed by atoms with Gasteiger partial charge in [-0.25, -0.2) is 0 Å². The molecule has 190 valence electrons. The van der Waals surface area contributed by atoms with Crippen molar-refractivity contribution in [3.8, 4) is 5.75 Å². The number of ether oxygens (including phenoxy) is 1. The summed E-state index contributed by atoms with van der Waals surface area (Å²) in [5.41, 5.74) is 4.13. The van der Waals surface area contributed by atoms with E-state index in [-0.39, 0.29) is 0 Å². The van der Waals surface area contributed by atoms with Crippen LogP contribution in [0, 0.1) is 13.8 Å². The second-order valence-electron chi connectivity index (χ2n) is 9.46. The highest BCUT2D eigenvalue weighted by Crippen LogP contribution is 2.34. The number of aryl methyl sites for hydroxylation is 2. The molecule has 5 rings (SSSR count). The zero-order chi connectivity index (χ0) is 25.8. The van der Waals surface area contributed by atoms with Crippen molar-refractivity contribution in [3.05, 3.63) is 89.5 Å². The highest BCUT2D eigenvalue weighted by Gasteiger charge is 2.34. The number of aliphatic hydroxyl groups is 1. The van der Waals surface area contributed by atoms with Crippen LogP contribution in [0.15, 0.2) is 72.8 Å². The smallest absolute Gasteiger partial charge is 0.233 e. The van der Waals surface area contributed by atoms with Gasteiger partial charge in [0.25, 0.3) is 0 Å². The number of nitrogens with one attached hydrogen (secondary N) is 2. The molecule has 3 aromatic carbocycles. The first kappa shape index (κ1) is 24.5. The van der Waals surface area contributed by atoms with Crippen LogP contribution in [0.2, 0.25) is 0 Å². The van der Waals surface area contributed by atoms with Gasteiger partial charge in [-0.05, 0) is 73.7 Å². The summed E-state index contributed by atoms with van der Waals surface area (Å²) < 4.78 is 5.27. The fraction of sp³-hybridized carbons (Fsp3) is 0.276. The highest BCUT2D eigenvalue weighted by molar-refractivity contribution is 5.62. The lowest BCUT2D eigenvalue weighted by molar-refractivity contribution is 0.0115. The molecule has 0 spiro atoms. The maximum Gasteiger partial charge on any atom is 0.233 e. The Bertz CT molecular complexity index is 1350. The van der Waals surface area contributed by atoms with Gasteiger partial charge in [0.05, 0.1) is 12.7 Å². The van der Waals surface area contributed by atoms with Crippen LogP contribution in [0.5, 0.6) is 5.75 Å². The number of nitrogens with zero attached hydrogens (tertiary/aromatic N) is 4. The van der Waals surface area contributed by atoms with E-state index >= 15 is 0 Å². The monoisotopic (exact) mass is 496 g/mol. The Balaban J connectivity index is 1.42. The minimum atomic E-state index is -0.852. The fourth-order valence-corrected chi connectivity index (χ4v) is 4.53. The van der Waals surface area contributed by atoms with E-state index < -0.39 is 5.60 Å². The molecule has 1 aliphatic rings. The van der Waals surface area contributed by atoms with E-state index in [0.717, 1.165) is 33.8 Å². The number of hydrogen-bond donors (Lipinski definition) is 3. The van der Waals surface area contributed by atoms with Gasteiger partial charge in [-0.3, -0.25) is 0 Å². The topological polar surface area (TPSA) is 95.4 Å². The maximum atomic E-state index is 11.3. The molecule has 2 heterocycles. The lowest BCUT2D eigenvalue weighted by Crippen LogP contribution is -2.43.